The van der Waals surface area contributed by atoms with Gasteiger partial charge in [-0.25, -0.2) is 4.98 Å². The van der Waals surface area contributed by atoms with Gasteiger partial charge in [0.15, 0.2) is 0 Å². The molecule has 0 fully saturated rings. The lowest BCUT2D eigenvalue weighted by Gasteiger charge is -2.23. The van der Waals surface area contributed by atoms with E-state index in [0.29, 0.717) is 0 Å². The molecule has 2 heterocycles. The third-order valence-corrected chi connectivity index (χ3v) is 6.39. The van der Waals surface area contributed by atoms with Gasteiger partial charge >= 0.3 is 0 Å². The predicted molar refractivity (Wildman–Crippen MR) is 149 cm³/mol. The van der Waals surface area contributed by atoms with E-state index in [1.54, 1.807) is 0 Å². The summed E-state index contributed by atoms with van der Waals surface area (Å²) in [5.74, 6) is 0. The van der Waals surface area contributed by atoms with Gasteiger partial charge in [-0.3, -0.25) is 4.98 Å². The van der Waals surface area contributed by atoms with E-state index >= 15 is 0 Å². The maximum absolute atomic E-state index is 5.44. The molecule has 0 unspecified atom stereocenters. The molecule has 0 saturated heterocycles. The molecule has 0 aliphatic rings. The van der Waals surface area contributed by atoms with Crippen LogP contribution >= 0.6 is 0 Å². The Kier molecular flexibility index (Phi) is 5.91. The largest absolute Gasteiger partial charge is 0.265 e. The van der Waals surface area contributed by atoms with E-state index < -0.39 is 0 Å². The number of nitrogens with zero attached hydrogens (tertiary/aromatic N) is 2. The van der Waals surface area contributed by atoms with Gasteiger partial charge < -0.3 is 0 Å². The zero-order chi connectivity index (χ0) is 24.2. The van der Waals surface area contributed by atoms with E-state index in [9.17, 15) is 0 Å². The highest BCUT2D eigenvalue weighted by molar-refractivity contribution is 6.04. The van der Waals surface area contributed by atoms with Gasteiger partial charge in [0, 0.05) is 40.2 Å². The Morgan fingerprint density at radius 3 is 1.03 bits per heavy atom. The Morgan fingerprint density at radius 1 is 0.306 bits per heavy atom. The fourth-order valence-electron chi connectivity index (χ4n) is 4.77. The first-order chi connectivity index (χ1) is 17.9. The standard InChI is InChI=1S/C34H24N2/c1-5-13-25(14-6-1)31-30(27-21-23-35-24-22-27)32(26-15-7-2-8-16-26)34(29-19-11-4-12-20-29)36-33(31)28-17-9-3-10-18-28/h1-24H. The molecule has 170 valence electrons. The lowest BCUT2D eigenvalue weighted by atomic mass is 9.83. The molecule has 2 nitrogen and oxygen atoms in total. The normalized spacial score (nSPS) is 10.8. The minimum Gasteiger partial charge on any atom is -0.265 e. The molecule has 0 aliphatic heterocycles. The SMILES string of the molecule is c1ccc(-c2nc(-c3ccccc3)c(-c3ccccc3)c(-c3ccncc3)c2-c2ccccc2)cc1. The minimum absolute atomic E-state index is 0.965. The Labute approximate surface area is 211 Å². The molecule has 4 aromatic carbocycles. The van der Waals surface area contributed by atoms with Gasteiger partial charge in [0.25, 0.3) is 0 Å². The van der Waals surface area contributed by atoms with Crippen molar-refractivity contribution in [2.45, 2.75) is 0 Å². The summed E-state index contributed by atoms with van der Waals surface area (Å²) in [4.78, 5) is 9.76. The van der Waals surface area contributed by atoms with Crippen molar-refractivity contribution in [2.75, 3.05) is 0 Å². The Hall–Kier alpha value is -4.82. The highest BCUT2D eigenvalue weighted by Gasteiger charge is 2.24. The second-order valence-corrected chi connectivity index (χ2v) is 8.63. The van der Waals surface area contributed by atoms with Crippen LogP contribution in [0.15, 0.2) is 146 Å². The third-order valence-electron chi connectivity index (χ3n) is 6.39. The molecule has 0 atom stereocenters. The molecule has 2 heteroatoms. The second-order valence-electron chi connectivity index (χ2n) is 8.63. The molecule has 0 amide bonds. The van der Waals surface area contributed by atoms with Crippen molar-refractivity contribution in [1.29, 1.82) is 0 Å². The summed E-state index contributed by atoms with van der Waals surface area (Å²) in [5.41, 5.74) is 10.9. The Bertz CT molecular complexity index is 1480. The lowest BCUT2D eigenvalue weighted by Crippen LogP contribution is -2.01. The Morgan fingerprint density at radius 2 is 0.639 bits per heavy atom. The van der Waals surface area contributed by atoms with Crippen molar-refractivity contribution in [3.63, 3.8) is 0 Å². The highest BCUT2D eigenvalue weighted by atomic mass is 14.7. The highest BCUT2D eigenvalue weighted by Crippen LogP contribution is 2.48. The van der Waals surface area contributed by atoms with Gasteiger partial charge in [0.1, 0.15) is 0 Å². The summed E-state index contributed by atoms with van der Waals surface area (Å²) in [6.07, 6.45) is 3.73. The topological polar surface area (TPSA) is 25.8 Å². The average Bonchev–Trinajstić information content (AvgIpc) is 2.98. The molecule has 6 aromatic rings. The monoisotopic (exact) mass is 460 g/mol. The molecule has 0 aliphatic carbocycles. The number of hydrogen-bond donors (Lipinski definition) is 0. The molecule has 0 N–H and O–H groups in total. The number of pyridine rings is 2. The molecule has 0 radical (unpaired) electrons. The summed E-state index contributed by atoms with van der Waals surface area (Å²) in [6.45, 7) is 0. The Balaban J connectivity index is 1.84. The van der Waals surface area contributed by atoms with Crippen LogP contribution in [0.2, 0.25) is 0 Å². The quantitative estimate of drug-likeness (QED) is 0.257. The van der Waals surface area contributed by atoms with E-state index in [1.165, 1.54) is 0 Å². The molecule has 0 saturated carbocycles. The average molecular weight is 461 g/mol. The van der Waals surface area contributed by atoms with E-state index in [4.69, 9.17) is 4.98 Å². The lowest BCUT2D eigenvalue weighted by molar-refractivity contribution is 1.30. The van der Waals surface area contributed by atoms with Crippen molar-refractivity contribution >= 4 is 0 Å². The van der Waals surface area contributed by atoms with Crippen LogP contribution < -0.4 is 0 Å². The van der Waals surface area contributed by atoms with E-state index in [0.717, 1.165) is 55.9 Å². The van der Waals surface area contributed by atoms with Crippen LogP contribution in [0.1, 0.15) is 0 Å². The van der Waals surface area contributed by atoms with Crippen LogP contribution in [0.25, 0.3) is 55.9 Å². The molecular weight excluding hydrogens is 436 g/mol. The van der Waals surface area contributed by atoms with Crippen molar-refractivity contribution < 1.29 is 0 Å². The molecule has 36 heavy (non-hydrogen) atoms. The summed E-state index contributed by atoms with van der Waals surface area (Å²) < 4.78 is 0. The van der Waals surface area contributed by atoms with Crippen LogP contribution in [0.4, 0.5) is 0 Å². The second kappa shape index (κ2) is 9.81. The van der Waals surface area contributed by atoms with Crippen molar-refractivity contribution in [2.24, 2.45) is 0 Å². The summed E-state index contributed by atoms with van der Waals surface area (Å²) >= 11 is 0. The molecule has 0 spiro atoms. The van der Waals surface area contributed by atoms with Gasteiger partial charge in [0.05, 0.1) is 11.4 Å². The minimum atomic E-state index is 0.965. The van der Waals surface area contributed by atoms with E-state index in [2.05, 4.69) is 126 Å². The maximum atomic E-state index is 5.44. The maximum Gasteiger partial charge on any atom is 0.0794 e. The fourth-order valence-corrected chi connectivity index (χ4v) is 4.77. The van der Waals surface area contributed by atoms with E-state index in [-0.39, 0.29) is 0 Å². The van der Waals surface area contributed by atoms with Crippen LogP contribution in [0, 0.1) is 0 Å². The van der Waals surface area contributed by atoms with Gasteiger partial charge in [-0.05, 0) is 28.8 Å². The first kappa shape index (κ1) is 21.7. The fraction of sp³-hybridized carbons (Fsp3) is 0. The molecule has 0 bridgehead atoms. The van der Waals surface area contributed by atoms with E-state index in [1.807, 2.05) is 24.5 Å². The molecular formula is C34H24N2. The molecule has 2 aromatic heterocycles. The number of aromatic nitrogens is 2. The predicted octanol–water partition coefficient (Wildman–Crippen LogP) is 8.81. The van der Waals surface area contributed by atoms with Crippen LogP contribution in [-0.2, 0) is 0 Å². The summed E-state index contributed by atoms with van der Waals surface area (Å²) in [5, 5.41) is 0. The van der Waals surface area contributed by atoms with Crippen molar-refractivity contribution in [3.8, 4) is 55.9 Å². The van der Waals surface area contributed by atoms with Gasteiger partial charge in [-0.15, -0.1) is 0 Å². The zero-order valence-corrected chi connectivity index (χ0v) is 19.8. The zero-order valence-electron chi connectivity index (χ0n) is 19.8. The van der Waals surface area contributed by atoms with Gasteiger partial charge in [-0.2, -0.15) is 0 Å². The first-order valence-corrected chi connectivity index (χ1v) is 12.1. The van der Waals surface area contributed by atoms with Crippen LogP contribution in [-0.4, -0.2) is 9.97 Å². The van der Waals surface area contributed by atoms with Gasteiger partial charge in [0.2, 0.25) is 0 Å². The van der Waals surface area contributed by atoms with Crippen molar-refractivity contribution in [3.05, 3.63) is 146 Å². The van der Waals surface area contributed by atoms with Gasteiger partial charge in [-0.1, -0.05) is 121 Å². The third kappa shape index (κ3) is 4.10. The number of rotatable bonds is 5. The van der Waals surface area contributed by atoms with Crippen LogP contribution in [0.5, 0.6) is 0 Å². The first-order valence-electron chi connectivity index (χ1n) is 12.1. The van der Waals surface area contributed by atoms with Crippen LogP contribution in [0.3, 0.4) is 0 Å². The van der Waals surface area contributed by atoms with Crippen molar-refractivity contribution in [1.82, 2.24) is 9.97 Å². The molecule has 6 rings (SSSR count). The number of hydrogen-bond acceptors (Lipinski definition) is 2. The summed E-state index contributed by atoms with van der Waals surface area (Å²) in [7, 11) is 0. The smallest absolute Gasteiger partial charge is 0.0794 e. The number of benzene rings is 4. The summed E-state index contributed by atoms with van der Waals surface area (Å²) in [6, 6.07) is 46.3.